The minimum Gasteiger partial charge on any atom is -0.497 e. The van der Waals surface area contributed by atoms with Crippen LogP contribution in [0.15, 0.2) is 54.1 Å². The van der Waals surface area contributed by atoms with Crippen molar-refractivity contribution >= 4 is 23.6 Å². The number of nitriles is 1. The predicted octanol–water partition coefficient (Wildman–Crippen LogP) is 4.59. The molecule has 0 saturated heterocycles. The molecule has 1 N–H and O–H groups in total. The Hall–Kier alpha value is -3.59. The van der Waals surface area contributed by atoms with Gasteiger partial charge in [0.25, 0.3) is 5.91 Å². The SMILES string of the molecule is CCCCCOC(=O)c1ccc(NC(=O)C(C#N)=Cc2ccc(OC)cc2)cc1. The maximum Gasteiger partial charge on any atom is 0.338 e. The van der Waals surface area contributed by atoms with Crippen LogP contribution in [-0.2, 0) is 9.53 Å². The second-order valence-electron chi connectivity index (χ2n) is 6.32. The fourth-order valence-corrected chi connectivity index (χ4v) is 2.50. The van der Waals surface area contributed by atoms with Gasteiger partial charge >= 0.3 is 5.97 Å². The molecule has 0 aliphatic heterocycles. The van der Waals surface area contributed by atoms with Gasteiger partial charge in [-0.2, -0.15) is 5.26 Å². The Labute approximate surface area is 170 Å². The minimum absolute atomic E-state index is 0.0328. The van der Waals surface area contributed by atoms with Crippen molar-refractivity contribution in [2.75, 3.05) is 19.0 Å². The summed E-state index contributed by atoms with van der Waals surface area (Å²) in [5, 5.41) is 12.0. The van der Waals surface area contributed by atoms with Crippen molar-refractivity contribution in [1.82, 2.24) is 0 Å². The van der Waals surface area contributed by atoms with E-state index in [0.29, 0.717) is 29.2 Å². The summed E-state index contributed by atoms with van der Waals surface area (Å²) in [6, 6.07) is 15.3. The number of hydrogen-bond donors (Lipinski definition) is 1. The molecule has 1 amide bonds. The van der Waals surface area contributed by atoms with E-state index in [4.69, 9.17) is 9.47 Å². The molecule has 0 radical (unpaired) electrons. The number of esters is 1. The molecule has 0 atom stereocenters. The van der Waals surface area contributed by atoms with Crippen molar-refractivity contribution in [3.05, 3.63) is 65.2 Å². The fraction of sp³-hybridized carbons (Fsp3) is 0.261. The van der Waals surface area contributed by atoms with Crippen LogP contribution in [0.25, 0.3) is 6.08 Å². The highest BCUT2D eigenvalue weighted by Crippen LogP contribution is 2.16. The third kappa shape index (κ3) is 6.82. The number of ether oxygens (including phenoxy) is 2. The third-order valence-corrected chi connectivity index (χ3v) is 4.15. The highest BCUT2D eigenvalue weighted by molar-refractivity contribution is 6.09. The first kappa shape index (κ1) is 21.7. The summed E-state index contributed by atoms with van der Waals surface area (Å²) < 4.78 is 10.3. The molecule has 0 heterocycles. The molecule has 0 spiro atoms. The molecule has 150 valence electrons. The highest BCUT2D eigenvalue weighted by atomic mass is 16.5. The van der Waals surface area contributed by atoms with Crippen LogP contribution in [-0.4, -0.2) is 25.6 Å². The minimum atomic E-state index is -0.529. The molecule has 2 rings (SSSR count). The van der Waals surface area contributed by atoms with Gasteiger partial charge in [-0.1, -0.05) is 31.9 Å². The summed E-state index contributed by atoms with van der Waals surface area (Å²) in [4.78, 5) is 24.3. The maximum atomic E-state index is 12.4. The fourth-order valence-electron chi connectivity index (χ4n) is 2.50. The zero-order valence-corrected chi connectivity index (χ0v) is 16.6. The van der Waals surface area contributed by atoms with Crippen LogP contribution in [0.5, 0.6) is 5.75 Å². The summed E-state index contributed by atoms with van der Waals surface area (Å²) in [7, 11) is 1.57. The molecule has 6 nitrogen and oxygen atoms in total. The maximum absolute atomic E-state index is 12.4. The Kier molecular flexibility index (Phi) is 8.46. The number of nitrogens with zero attached hydrogens (tertiary/aromatic N) is 1. The molecule has 0 unspecified atom stereocenters. The Morgan fingerprint density at radius 2 is 1.76 bits per heavy atom. The van der Waals surface area contributed by atoms with Crippen LogP contribution in [0.1, 0.15) is 42.1 Å². The van der Waals surface area contributed by atoms with Gasteiger partial charge in [-0.15, -0.1) is 0 Å². The van der Waals surface area contributed by atoms with Gasteiger partial charge in [0.2, 0.25) is 0 Å². The highest BCUT2D eigenvalue weighted by Gasteiger charge is 2.11. The van der Waals surface area contributed by atoms with Crippen LogP contribution in [0.2, 0.25) is 0 Å². The molecule has 29 heavy (non-hydrogen) atoms. The van der Waals surface area contributed by atoms with E-state index in [2.05, 4.69) is 12.2 Å². The number of benzene rings is 2. The molecule has 0 bridgehead atoms. The van der Waals surface area contributed by atoms with E-state index in [1.54, 1.807) is 55.6 Å². The van der Waals surface area contributed by atoms with Crippen molar-refractivity contribution in [3.63, 3.8) is 0 Å². The molecule has 0 aliphatic carbocycles. The Morgan fingerprint density at radius 1 is 1.07 bits per heavy atom. The van der Waals surface area contributed by atoms with E-state index in [0.717, 1.165) is 19.3 Å². The average molecular weight is 392 g/mol. The van der Waals surface area contributed by atoms with Crippen LogP contribution in [0, 0.1) is 11.3 Å². The monoisotopic (exact) mass is 392 g/mol. The summed E-state index contributed by atoms with van der Waals surface area (Å²) in [5.41, 5.74) is 1.57. The van der Waals surface area contributed by atoms with Gasteiger partial charge in [0.15, 0.2) is 0 Å². The van der Waals surface area contributed by atoms with Crippen molar-refractivity contribution in [2.45, 2.75) is 26.2 Å². The van der Waals surface area contributed by atoms with Crippen LogP contribution in [0.3, 0.4) is 0 Å². The smallest absolute Gasteiger partial charge is 0.338 e. The predicted molar refractivity (Wildman–Crippen MR) is 111 cm³/mol. The zero-order valence-electron chi connectivity index (χ0n) is 16.6. The van der Waals surface area contributed by atoms with Gasteiger partial charge in [-0.3, -0.25) is 4.79 Å². The first-order valence-electron chi connectivity index (χ1n) is 9.41. The van der Waals surface area contributed by atoms with Gasteiger partial charge < -0.3 is 14.8 Å². The van der Waals surface area contributed by atoms with Gasteiger partial charge in [-0.05, 0) is 54.5 Å². The lowest BCUT2D eigenvalue weighted by atomic mass is 10.1. The van der Waals surface area contributed by atoms with E-state index in [1.807, 2.05) is 6.07 Å². The molecule has 0 fully saturated rings. The molecule has 0 aliphatic rings. The molecule has 6 heteroatoms. The Morgan fingerprint density at radius 3 is 2.34 bits per heavy atom. The van der Waals surface area contributed by atoms with E-state index in [9.17, 15) is 14.9 Å². The van der Waals surface area contributed by atoms with Crippen LogP contribution >= 0.6 is 0 Å². The molecule has 0 aromatic heterocycles. The number of methoxy groups -OCH3 is 1. The van der Waals surface area contributed by atoms with Gasteiger partial charge in [0, 0.05) is 5.69 Å². The molecular formula is C23H24N2O4. The number of anilines is 1. The second kappa shape index (κ2) is 11.3. The van der Waals surface area contributed by atoms with Crippen molar-refractivity contribution in [2.24, 2.45) is 0 Å². The Balaban J connectivity index is 1.98. The number of rotatable bonds is 9. The van der Waals surface area contributed by atoms with Gasteiger partial charge in [0.1, 0.15) is 17.4 Å². The zero-order chi connectivity index (χ0) is 21.1. The lowest BCUT2D eigenvalue weighted by Gasteiger charge is -2.07. The summed E-state index contributed by atoms with van der Waals surface area (Å²) in [6.45, 7) is 2.48. The number of hydrogen-bond acceptors (Lipinski definition) is 5. The summed E-state index contributed by atoms with van der Waals surface area (Å²) in [6.07, 6.45) is 4.41. The quantitative estimate of drug-likeness (QED) is 0.292. The van der Waals surface area contributed by atoms with Crippen molar-refractivity contribution in [1.29, 1.82) is 5.26 Å². The number of unbranched alkanes of at least 4 members (excludes halogenated alkanes) is 2. The normalized spacial score (nSPS) is 10.7. The number of amides is 1. The lowest BCUT2D eigenvalue weighted by molar-refractivity contribution is -0.112. The van der Waals surface area contributed by atoms with Gasteiger partial charge in [-0.25, -0.2) is 4.79 Å². The van der Waals surface area contributed by atoms with E-state index in [-0.39, 0.29) is 5.57 Å². The van der Waals surface area contributed by atoms with E-state index >= 15 is 0 Å². The van der Waals surface area contributed by atoms with Crippen molar-refractivity contribution in [3.8, 4) is 11.8 Å². The standard InChI is InChI=1S/C23H24N2O4/c1-3-4-5-14-29-23(27)18-8-10-20(11-9-18)25-22(26)19(16-24)15-17-6-12-21(28-2)13-7-17/h6-13,15H,3-5,14H2,1-2H3,(H,25,26). The summed E-state index contributed by atoms with van der Waals surface area (Å²) >= 11 is 0. The number of carbonyl (C=O) groups is 2. The average Bonchev–Trinajstić information content (AvgIpc) is 2.75. The molecular weight excluding hydrogens is 368 g/mol. The number of nitrogens with one attached hydrogen (secondary N) is 1. The largest absolute Gasteiger partial charge is 0.497 e. The molecule has 2 aromatic carbocycles. The first-order chi connectivity index (χ1) is 14.1. The number of carbonyl (C=O) groups excluding carboxylic acids is 2. The van der Waals surface area contributed by atoms with Gasteiger partial charge in [0.05, 0.1) is 19.3 Å². The second-order valence-corrected chi connectivity index (χ2v) is 6.32. The molecule has 0 saturated carbocycles. The van der Waals surface area contributed by atoms with Crippen LogP contribution < -0.4 is 10.1 Å². The molecule has 2 aromatic rings. The lowest BCUT2D eigenvalue weighted by Crippen LogP contribution is -2.13. The first-order valence-corrected chi connectivity index (χ1v) is 9.41. The summed E-state index contributed by atoms with van der Waals surface area (Å²) in [5.74, 6) is -0.233. The van der Waals surface area contributed by atoms with Crippen molar-refractivity contribution < 1.29 is 19.1 Å². The van der Waals surface area contributed by atoms with E-state index < -0.39 is 11.9 Å². The topological polar surface area (TPSA) is 88.4 Å². The van der Waals surface area contributed by atoms with Crippen LogP contribution in [0.4, 0.5) is 5.69 Å². The Bertz CT molecular complexity index is 894. The third-order valence-electron chi connectivity index (χ3n) is 4.15. The van der Waals surface area contributed by atoms with E-state index in [1.165, 1.54) is 6.08 Å².